The van der Waals surface area contributed by atoms with Crippen LogP contribution in [0.2, 0.25) is 5.02 Å². The van der Waals surface area contributed by atoms with Crippen LogP contribution in [0, 0.1) is 5.82 Å². The molecule has 0 bridgehead atoms. The summed E-state index contributed by atoms with van der Waals surface area (Å²) in [5.41, 5.74) is 1.63. The predicted molar refractivity (Wildman–Crippen MR) is 134 cm³/mol. The van der Waals surface area contributed by atoms with Crippen LogP contribution >= 0.6 is 11.6 Å². The highest BCUT2D eigenvalue weighted by molar-refractivity contribution is 6.31. The first-order valence-electron chi connectivity index (χ1n) is 11.0. The Hall–Kier alpha value is -4.37. The Kier molecular flexibility index (Phi) is 7.74. The fourth-order valence-electron chi connectivity index (χ4n) is 3.69. The van der Waals surface area contributed by atoms with E-state index in [4.69, 9.17) is 30.5 Å². The quantitative estimate of drug-likeness (QED) is 0.281. The van der Waals surface area contributed by atoms with Crippen molar-refractivity contribution < 1.29 is 32.9 Å². The average Bonchev–Trinajstić information content (AvgIpc) is 3.33. The van der Waals surface area contributed by atoms with E-state index in [0.29, 0.717) is 28.3 Å². The third-order valence-electron chi connectivity index (χ3n) is 5.49. The number of esters is 2. The number of carbonyl (C=O) groups is 2. The highest BCUT2D eigenvalue weighted by Gasteiger charge is 2.31. The molecule has 190 valence electrons. The van der Waals surface area contributed by atoms with Crippen LogP contribution in [0.1, 0.15) is 26.4 Å². The van der Waals surface area contributed by atoms with Crippen LogP contribution in [0.15, 0.2) is 66.7 Å². The monoisotopic (exact) mass is 524 g/mol. The van der Waals surface area contributed by atoms with E-state index in [0.717, 1.165) is 0 Å². The Morgan fingerprint density at radius 2 is 1.65 bits per heavy atom. The normalized spacial score (nSPS) is 10.6. The van der Waals surface area contributed by atoms with Gasteiger partial charge in [0.05, 0.1) is 32.0 Å². The summed E-state index contributed by atoms with van der Waals surface area (Å²) in [6.45, 7) is 0.0668. The topological polar surface area (TPSA) is 88.9 Å². The van der Waals surface area contributed by atoms with Gasteiger partial charge in [0.15, 0.2) is 17.2 Å². The molecule has 0 aliphatic carbocycles. The molecule has 1 aromatic heterocycles. The summed E-state index contributed by atoms with van der Waals surface area (Å²) in [4.78, 5) is 25.6. The average molecular weight is 525 g/mol. The highest BCUT2D eigenvalue weighted by Crippen LogP contribution is 2.36. The van der Waals surface area contributed by atoms with Crippen LogP contribution in [-0.4, -0.2) is 43.0 Å². The third-order valence-corrected chi connectivity index (χ3v) is 5.84. The van der Waals surface area contributed by atoms with Crippen molar-refractivity contribution in [2.75, 3.05) is 21.3 Å². The molecule has 0 saturated carbocycles. The van der Waals surface area contributed by atoms with E-state index < -0.39 is 17.8 Å². The second-order valence-electron chi connectivity index (χ2n) is 7.69. The van der Waals surface area contributed by atoms with Gasteiger partial charge >= 0.3 is 11.9 Å². The first-order chi connectivity index (χ1) is 17.9. The minimum Gasteiger partial charge on any atom is -0.493 e. The molecule has 0 aliphatic rings. The first-order valence-corrected chi connectivity index (χ1v) is 11.4. The van der Waals surface area contributed by atoms with E-state index in [1.54, 1.807) is 42.5 Å². The number of nitrogens with zero attached hydrogens (tertiary/aromatic N) is 2. The summed E-state index contributed by atoms with van der Waals surface area (Å²) in [7, 11) is 3.89. The summed E-state index contributed by atoms with van der Waals surface area (Å²) in [5.74, 6) is -1.25. The van der Waals surface area contributed by atoms with Gasteiger partial charge in [-0.1, -0.05) is 35.9 Å². The molecule has 0 fully saturated rings. The summed E-state index contributed by atoms with van der Waals surface area (Å²) in [5, 5.41) is 4.81. The number of methoxy groups -OCH3 is 3. The Morgan fingerprint density at radius 3 is 2.30 bits per heavy atom. The van der Waals surface area contributed by atoms with Gasteiger partial charge in [0.1, 0.15) is 23.7 Å². The number of benzene rings is 3. The highest BCUT2D eigenvalue weighted by atomic mass is 35.5. The summed E-state index contributed by atoms with van der Waals surface area (Å²) in [6, 6.07) is 17.8. The predicted octanol–water partition coefficient (Wildman–Crippen LogP) is 5.49. The largest absolute Gasteiger partial charge is 0.493 e. The molecule has 0 atom stereocenters. The number of hydrogen-bond donors (Lipinski definition) is 0. The lowest BCUT2D eigenvalue weighted by Crippen LogP contribution is -2.15. The molecule has 10 heteroatoms. The zero-order valence-corrected chi connectivity index (χ0v) is 20.9. The maximum absolute atomic E-state index is 13.3. The fourth-order valence-corrected chi connectivity index (χ4v) is 3.91. The van der Waals surface area contributed by atoms with E-state index >= 15 is 0 Å². The van der Waals surface area contributed by atoms with Crippen LogP contribution in [0.4, 0.5) is 4.39 Å². The van der Waals surface area contributed by atoms with Crippen molar-refractivity contribution in [3.63, 3.8) is 0 Å². The molecule has 0 spiro atoms. The molecular formula is C27H22ClFN2O6. The number of hydrogen-bond acceptors (Lipinski definition) is 7. The van der Waals surface area contributed by atoms with Gasteiger partial charge in [-0.25, -0.2) is 18.7 Å². The second-order valence-corrected chi connectivity index (χ2v) is 8.10. The van der Waals surface area contributed by atoms with E-state index in [9.17, 15) is 14.0 Å². The molecule has 0 amide bonds. The molecule has 4 aromatic rings. The summed E-state index contributed by atoms with van der Waals surface area (Å²) < 4.78 is 36.0. The summed E-state index contributed by atoms with van der Waals surface area (Å²) >= 11 is 6.10. The first kappa shape index (κ1) is 25.7. The van der Waals surface area contributed by atoms with Gasteiger partial charge in [0.2, 0.25) is 0 Å². The van der Waals surface area contributed by atoms with Crippen molar-refractivity contribution in [1.29, 1.82) is 0 Å². The number of ether oxygens (including phenoxy) is 4. The molecule has 1 heterocycles. The molecule has 0 saturated heterocycles. The van der Waals surface area contributed by atoms with E-state index in [2.05, 4.69) is 5.10 Å². The van der Waals surface area contributed by atoms with Gasteiger partial charge in [0.25, 0.3) is 0 Å². The fraction of sp³-hybridized carbons (Fsp3) is 0.148. The van der Waals surface area contributed by atoms with Crippen molar-refractivity contribution in [2.45, 2.75) is 6.61 Å². The lowest BCUT2D eigenvalue weighted by molar-refractivity contribution is 0.0549. The Bertz CT molecular complexity index is 1460. The van der Waals surface area contributed by atoms with Gasteiger partial charge in [-0.15, -0.1) is 0 Å². The smallest absolute Gasteiger partial charge is 0.357 e. The molecule has 0 N–H and O–H groups in total. The molecule has 37 heavy (non-hydrogen) atoms. The molecular weight excluding hydrogens is 503 g/mol. The van der Waals surface area contributed by atoms with Gasteiger partial charge in [-0.05, 0) is 42.5 Å². The Balaban J connectivity index is 1.79. The molecule has 0 radical (unpaired) electrons. The maximum atomic E-state index is 13.3. The van der Waals surface area contributed by atoms with E-state index in [-0.39, 0.29) is 28.6 Å². The van der Waals surface area contributed by atoms with Gasteiger partial charge in [-0.2, -0.15) is 5.10 Å². The number of carbonyl (C=O) groups excluding carboxylic acids is 2. The van der Waals surface area contributed by atoms with Crippen molar-refractivity contribution >= 4 is 23.5 Å². The molecule has 8 nitrogen and oxygen atoms in total. The van der Waals surface area contributed by atoms with Crippen LogP contribution < -0.4 is 9.47 Å². The van der Waals surface area contributed by atoms with Crippen LogP contribution in [0.3, 0.4) is 0 Å². The van der Waals surface area contributed by atoms with Crippen molar-refractivity contribution in [1.82, 2.24) is 9.78 Å². The number of para-hydroxylation sites is 1. The van der Waals surface area contributed by atoms with Crippen molar-refractivity contribution in [2.24, 2.45) is 0 Å². The van der Waals surface area contributed by atoms with Crippen LogP contribution in [0.5, 0.6) is 11.5 Å². The van der Waals surface area contributed by atoms with Gasteiger partial charge in [0, 0.05) is 11.1 Å². The zero-order valence-electron chi connectivity index (χ0n) is 20.2. The lowest BCUT2D eigenvalue weighted by Gasteiger charge is -2.13. The molecule has 0 unspecified atom stereocenters. The standard InChI is InChI=1S/C27H22ClFN2O6/c1-34-22-13-16(10-12-21(22)37-15-17-9-11-18(29)14-20(17)28)24-23(26(32)35-2)25(27(33)36-3)31(30-24)19-7-5-4-6-8-19/h4-14H,15H2,1-3H3. The molecule has 3 aromatic carbocycles. The van der Waals surface area contributed by atoms with Crippen LogP contribution in [-0.2, 0) is 16.1 Å². The Morgan fingerprint density at radius 1 is 0.919 bits per heavy atom. The minimum atomic E-state index is -0.761. The van der Waals surface area contributed by atoms with Crippen LogP contribution in [0.25, 0.3) is 16.9 Å². The van der Waals surface area contributed by atoms with Gasteiger partial charge < -0.3 is 18.9 Å². The van der Waals surface area contributed by atoms with E-state index in [1.807, 2.05) is 6.07 Å². The second kappa shape index (κ2) is 11.1. The minimum absolute atomic E-state index is 0.0629. The molecule has 4 rings (SSSR count). The number of rotatable bonds is 8. The van der Waals surface area contributed by atoms with Gasteiger partial charge in [-0.3, -0.25) is 0 Å². The van der Waals surface area contributed by atoms with Crippen molar-refractivity contribution in [3.8, 4) is 28.4 Å². The number of aromatic nitrogens is 2. The SMILES string of the molecule is COC(=O)c1c(-c2ccc(OCc3ccc(F)cc3Cl)c(OC)c2)nn(-c2ccccc2)c1C(=O)OC. The zero-order chi connectivity index (χ0) is 26.5. The van der Waals surface area contributed by atoms with E-state index in [1.165, 1.54) is 44.2 Å². The third kappa shape index (κ3) is 5.26. The summed E-state index contributed by atoms with van der Waals surface area (Å²) in [6.07, 6.45) is 0. The Labute approximate surface area is 217 Å². The molecule has 0 aliphatic heterocycles. The number of halogens is 2. The maximum Gasteiger partial charge on any atom is 0.357 e. The van der Waals surface area contributed by atoms with Crippen molar-refractivity contribution in [3.05, 3.63) is 94.4 Å². The lowest BCUT2D eigenvalue weighted by atomic mass is 10.0.